The number of imide groups is 1. The van der Waals surface area contributed by atoms with E-state index in [1.165, 1.54) is 12.3 Å². The minimum atomic E-state index is -0.932. The van der Waals surface area contributed by atoms with Crippen molar-refractivity contribution in [1.82, 2.24) is 20.9 Å². The zero-order valence-electron chi connectivity index (χ0n) is 14.7. The molecule has 1 atom stereocenters. The van der Waals surface area contributed by atoms with Gasteiger partial charge in [0.25, 0.3) is 11.8 Å². The van der Waals surface area contributed by atoms with E-state index in [4.69, 9.17) is 4.42 Å². The summed E-state index contributed by atoms with van der Waals surface area (Å²) < 4.78 is 5.06. The largest absolute Gasteiger partial charge is 0.459 e. The lowest BCUT2D eigenvalue weighted by molar-refractivity contribution is -0.138. The molecule has 1 spiro atoms. The third kappa shape index (κ3) is 3.29. The van der Waals surface area contributed by atoms with Gasteiger partial charge in [0.2, 0.25) is 5.91 Å². The van der Waals surface area contributed by atoms with Crippen molar-refractivity contribution < 1.29 is 23.6 Å². The number of hydrogen-bond acceptors (Lipinski definition) is 5. The Morgan fingerprint density at radius 1 is 1.27 bits per heavy atom. The lowest BCUT2D eigenvalue weighted by atomic mass is 9.87. The van der Waals surface area contributed by atoms with E-state index in [2.05, 4.69) is 16.0 Å². The van der Waals surface area contributed by atoms with Crippen LogP contribution in [0.25, 0.3) is 0 Å². The molecular weight excluding hydrogens is 340 g/mol. The predicted octanol–water partition coefficient (Wildman–Crippen LogP) is 0.235. The number of rotatable bonds is 4. The summed E-state index contributed by atoms with van der Waals surface area (Å²) in [4.78, 5) is 50.1. The topological polar surface area (TPSA) is 121 Å². The number of carbonyl (C=O) groups excluding carboxylic acids is 4. The summed E-state index contributed by atoms with van der Waals surface area (Å²) in [6, 6.07) is 1.93. The molecule has 2 aliphatic heterocycles. The van der Waals surface area contributed by atoms with E-state index in [-0.39, 0.29) is 23.5 Å². The molecule has 0 saturated carbocycles. The van der Waals surface area contributed by atoms with Crippen molar-refractivity contribution >= 4 is 23.8 Å². The van der Waals surface area contributed by atoms with Gasteiger partial charge in [0.05, 0.1) is 6.26 Å². The standard InChI is InChI=1S/C17H22N4O5/c1-10(2)12(18-13(22)11-4-3-9-26-11)14(23)21-7-5-17(6-8-21)15(24)19-16(25)20-17/h3-4,9-10,12H,5-8H2,1-2H3,(H,18,22)(H2,19,20,24,25). The van der Waals surface area contributed by atoms with Crippen molar-refractivity contribution in [2.45, 2.75) is 38.3 Å². The van der Waals surface area contributed by atoms with Crippen LogP contribution < -0.4 is 16.0 Å². The van der Waals surface area contributed by atoms with Gasteiger partial charge in [-0.15, -0.1) is 0 Å². The van der Waals surface area contributed by atoms with Crippen LogP contribution in [-0.4, -0.2) is 53.3 Å². The highest BCUT2D eigenvalue weighted by Gasteiger charge is 2.48. The molecule has 2 saturated heterocycles. The van der Waals surface area contributed by atoms with Crippen molar-refractivity contribution in [3.05, 3.63) is 24.2 Å². The normalized spacial score (nSPS) is 20.0. The molecule has 1 unspecified atom stereocenters. The van der Waals surface area contributed by atoms with Crippen LogP contribution in [0.3, 0.4) is 0 Å². The van der Waals surface area contributed by atoms with E-state index in [0.29, 0.717) is 25.9 Å². The van der Waals surface area contributed by atoms with E-state index in [1.54, 1.807) is 11.0 Å². The second kappa shape index (κ2) is 6.81. The minimum Gasteiger partial charge on any atom is -0.459 e. The van der Waals surface area contributed by atoms with E-state index >= 15 is 0 Å². The van der Waals surface area contributed by atoms with Gasteiger partial charge in [-0.1, -0.05) is 13.8 Å². The maximum Gasteiger partial charge on any atom is 0.322 e. The van der Waals surface area contributed by atoms with Gasteiger partial charge < -0.3 is 20.0 Å². The molecule has 1 aromatic heterocycles. The molecule has 0 aliphatic carbocycles. The molecule has 3 heterocycles. The molecule has 0 bridgehead atoms. The van der Waals surface area contributed by atoms with Crippen molar-refractivity contribution in [3.8, 4) is 0 Å². The number of furan rings is 1. The molecule has 2 aliphatic rings. The van der Waals surface area contributed by atoms with Gasteiger partial charge >= 0.3 is 6.03 Å². The second-order valence-electron chi connectivity index (χ2n) is 6.99. The Hall–Kier alpha value is -2.84. The van der Waals surface area contributed by atoms with Crippen LogP contribution in [-0.2, 0) is 9.59 Å². The predicted molar refractivity (Wildman–Crippen MR) is 90.0 cm³/mol. The molecule has 9 heteroatoms. The first-order chi connectivity index (χ1) is 12.3. The monoisotopic (exact) mass is 362 g/mol. The summed E-state index contributed by atoms with van der Waals surface area (Å²) in [6.07, 6.45) is 2.08. The molecule has 140 valence electrons. The molecule has 0 radical (unpaired) electrons. The van der Waals surface area contributed by atoms with Crippen LogP contribution in [0, 0.1) is 5.92 Å². The number of amides is 5. The number of nitrogens with one attached hydrogen (secondary N) is 3. The molecule has 3 N–H and O–H groups in total. The Morgan fingerprint density at radius 2 is 1.96 bits per heavy atom. The molecule has 9 nitrogen and oxygen atoms in total. The number of nitrogens with zero attached hydrogens (tertiary/aromatic N) is 1. The van der Waals surface area contributed by atoms with Gasteiger partial charge in [0.1, 0.15) is 11.6 Å². The number of carbonyl (C=O) groups is 4. The van der Waals surface area contributed by atoms with E-state index in [1.807, 2.05) is 13.8 Å². The SMILES string of the molecule is CC(C)C(NC(=O)c1ccco1)C(=O)N1CCC2(CC1)NC(=O)NC2=O. The van der Waals surface area contributed by atoms with Crippen LogP contribution in [0.2, 0.25) is 0 Å². The lowest BCUT2D eigenvalue weighted by Crippen LogP contribution is -2.59. The third-order valence-corrected chi connectivity index (χ3v) is 4.91. The van der Waals surface area contributed by atoms with Crippen molar-refractivity contribution in [2.24, 2.45) is 5.92 Å². The van der Waals surface area contributed by atoms with Crippen LogP contribution in [0.4, 0.5) is 4.79 Å². The Morgan fingerprint density at radius 3 is 2.46 bits per heavy atom. The highest BCUT2D eigenvalue weighted by molar-refractivity contribution is 6.07. The first-order valence-corrected chi connectivity index (χ1v) is 8.59. The zero-order valence-corrected chi connectivity index (χ0v) is 14.7. The van der Waals surface area contributed by atoms with Gasteiger partial charge in [-0.05, 0) is 30.9 Å². The lowest BCUT2D eigenvalue weighted by Gasteiger charge is -2.39. The molecule has 1 aromatic rings. The van der Waals surface area contributed by atoms with Crippen LogP contribution in [0.1, 0.15) is 37.2 Å². The molecule has 26 heavy (non-hydrogen) atoms. The van der Waals surface area contributed by atoms with Gasteiger partial charge in [-0.25, -0.2) is 4.79 Å². The maximum atomic E-state index is 12.9. The molecule has 2 fully saturated rings. The first kappa shape index (κ1) is 18.0. The number of urea groups is 1. The van der Waals surface area contributed by atoms with Crippen molar-refractivity contribution in [1.29, 1.82) is 0 Å². The van der Waals surface area contributed by atoms with E-state index in [9.17, 15) is 19.2 Å². The van der Waals surface area contributed by atoms with Gasteiger partial charge in [-0.3, -0.25) is 19.7 Å². The summed E-state index contributed by atoms with van der Waals surface area (Å²) in [6.45, 7) is 4.35. The third-order valence-electron chi connectivity index (χ3n) is 4.91. The fourth-order valence-corrected chi connectivity index (χ4v) is 3.32. The summed E-state index contributed by atoms with van der Waals surface area (Å²) in [5, 5.41) is 7.63. The average Bonchev–Trinajstić information content (AvgIpc) is 3.21. The zero-order chi connectivity index (χ0) is 18.9. The highest BCUT2D eigenvalue weighted by atomic mass is 16.3. The van der Waals surface area contributed by atoms with Crippen LogP contribution in [0.5, 0.6) is 0 Å². The number of hydrogen-bond donors (Lipinski definition) is 3. The average molecular weight is 362 g/mol. The fourth-order valence-electron chi connectivity index (χ4n) is 3.32. The fraction of sp³-hybridized carbons (Fsp3) is 0.529. The first-order valence-electron chi connectivity index (χ1n) is 8.59. The summed E-state index contributed by atoms with van der Waals surface area (Å²) >= 11 is 0. The summed E-state index contributed by atoms with van der Waals surface area (Å²) in [7, 11) is 0. The number of piperidine rings is 1. The van der Waals surface area contributed by atoms with Gasteiger partial charge in [0.15, 0.2) is 5.76 Å². The Kier molecular flexibility index (Phi) is 4.71. The van der Waals surface area contributed by atoms with Gasteiger partial charge in [0, 0.05) is 13.1 Å². The Bertz CT molecular complexity index is 720. The van der Waals surface area contributed by atoms with Crippen LogP contribution in [0.15, 0.2) is 22.8 Å². The van der Waals surface area contributed by atoms with Gasteiger partial charge in [-0.2, -0.15) is 0 Å². The van der Waals surface area contributed by atoms with E-state index < -0.39 is 23.5 Å². The smallest absolute Gasteiger partial charge is 0.322 e. The Balaban J connectivity index is 1.64. The van der Waals surface area contributed by atoms with E-state index in [0.717, 1.165) is 0 Å². The molecule has 3 rings (SSSR count). The summed E-state index contributed by atoms with van der Waals surface area (Å²) in [5.74, 6) is -0.975. The Labute approximate surface area is 150 Å². The quantitative estimate of drug-likeness (QED) is 0.663. The molecular formula is C17H22N4O5. The molecule has 0 aromatic carbocycles. The second-order valence-corrected chi connectivity index (χ2v) is 6.99. The minimum absolute atomic E-state index is 0.119. The van der Waals surface area contributed by atoms with Crippen LogP contribution >= 0.6 is 0 Å². The highest BCUT2D eigenvalue weighted by Crippen LogP contribution is 2.26. The van der Waals surface area contributed by atoms with Crippen molar-refractivity contribution in [3.63, 3.8) is 0 Å². The number of likely N-dealkylation sites (tertiary alicyclic amines) is 1. The molecule has 5 amide bonds. The summed E-state index contributed by atoms with van der Waals surface area (Å²) in [5.41, 5.74) is -0.932. The van der Waals surface area contributed by atoms with Crippen molar-refractivity contribution in [2.75, 3.05) is 13.1 Å². The maximum absolute atomic E-state index is 12.9.